The second kappa shape index (κ2) is 5.73. The number of rotatable bonds is 6. The van der Waals surface area contributed by atoms with Crippen LogP contribution in [0.5, 0.6) is 0 Å². The third-order valence-electron chi connectivity index (χ3n) is 1.99. The SMILES string of the molecule is CC(=O)N[C@@H](CS(=O)(=O)Cc1nnn(C)n1)C(=O)O. The molecule has 0 aliphatic rings. The van der Waals surface area contributed by atoms with E-state index in [9.17, 15) is 18.0 Å². The van der Waals surface area contributed by atoms with Gasteiger partial charge in [-0.1, -0.05) is 0 Å². The minimum atomic E-state index is -3.79. The van der Waals surface area contributed by atoms with Gasteiger partial charge in [-0.3, -0.25) is 4.79 Å². The summed E-state index contributed by atoms with van der Waals surface area (Å²) in [5, 5.41) is 21.5. The number of carbonyl (C=O) groups is 2. The molecule has 1 heterocycles. The van der Waals surface area contributed by atoms with Crippen LogP contribution in [-0.4, -0.2) is 57.4 Å². The van der Waals surface area contributed by atoms with Crippen molar-refractivity contribution >= 4 is 21.7 Å². The van der Waals surface area contributed by atoms with Crippen molar-refractivity contribution in [2.24, 2.45) is 7.05 Å². The molecule has 0 spiro atoms. The number of carboxylic acids is 1. The van der Waals surface area contributed by atoms with Crippen LogP contribution in [0.3, 0.4) is 0 Å². The van der Waals surface area contributed by atoms with Gasteiger partial charge >= 0.3 is 5.97 Å². The molecule has 1 aromatic heterocycles. The zero-order valence-corrected chi connectivity index (χ0v) is 11.1. The Hall–Kier alpha value is -2.04. The largest absolute Gasteiger partial charge is 0.480 e. The van der Waals surface area contributed by atoms with Gasteiger partial charge in [0.15, 0.2) is 15.7 Å². The number of sulfone groups is 1. The molecule has 0 fully saturated rings. The molecular weight excluding hydrogens is 278 g/mol. The maximum absolute atomic E-state index is 11.8. The molecule has 1 aromatic rings. The lowest BCUT2D eigenvalue weighted by Gasteiger charge is -2.12. The van der Waals surface area contributed by atoms with Crippen molar-refractivity contribution in [2.45, 2.75) is 18.7 Å². The smallest absolute Gasteiger partial charge is 0.327 e. The maximum Gasteiger partial charge on any atom is 0.327 e. The lowest BCUT2D eigenvalue weighted by molar-refractivity contribution is -0.140. The average molecular weight is 291 g/mol. The lowest BCUT2D eigenvalue weighted by atomic mass is 10.3. The molecule has 10 nitrogen and oxygen atoms in total. The highest BCUT2D eigenvalue weighted by atomic mass is 32.2. The van der Waals surface area contributed by atoms with E-state index in [0.717, 1.165) is 11.7 Å². The van der Waals surface area contributed by atoms with E-state index < -0.39 is 39.3 Å². The molecule has 19 heavy (non-hydrogen) atoms. The van der Waals surface area contributed by atoms with Gasteiger partial charge in [0.1, 0.15) is 11.8 Å². The summed E-state index contributed by atoms with van der Waals surface area (Å²) in [6, 6.07) is -1.50. The van der Waals surface area contributed by atoms with Gasteiger partial charge in [-0.05, 0) is 5.21 Å². The van der Waals surface area contributed by atoms with E-state index in [-0.39, 0.29) is 5.82 Å². The Kier molecular flexibility index (Phi) is 4.53. The number of aliphatic carboxylic acids is 1. The molecule has 1 rings (SSSR count). The number of hydrogen-bond acceptors (Lipinski definition) is 7. The molecule has 0 aromatic carbocycles. The molecule has 11 heteroatoms. The van der Waals surface area contributed by atoms with Crippen molar-refractivity contribution < 1.29 is 23.1 Å². The highest BCUT2D eigenvalue weighted by Gasteiger charge is 2.27. The van der Waals surface area contributed by atoms with Gasteiger partial charge in [0, 0.05) is 6.92 Å². The molecule has 106 valence electrons. The van der Waals surface area contributed by atoms with Crippen LogP contribution in [0.2, 0.25) is 0 Å². The number of hydrogen-bond donors (Lipinski definition) is 2. The summed E-state index contributed by atoms with van der Waals surface area (Å²) >= 11 is 0. The van der Waals surface area contributed by atoms with Gasteiger partial charge in [-0.25, -0.2) is 13.2 Å². The summed E-state index contributed by atoms with van der Waals surface area (Å²) in [4.78, 5) is 22.7. The molecule has 0 radical (unpaired) electrons. The maximum atomic E-state index is 11.8. The van der Waals surface area contributed by atoms with Crippen LogP contribution in [0.4, 0.5) is 0 Å². The van der Waals surface area contributed by atoms with E-state index in [1.807, 2.05) is 5.32 Å². The number of carbonyl (C=O) groups excluding carboxylic acids is 1. The first-order valence-electron chi connectivity index (χ1n) is 5.13. The van der Waals surface area contributed by atoms with Gasteiger partial charge in [-0.15, -0.1) is 10.2 Å². The Balaban J connectivity index is 2.76. The number of amides is 1. The number of tetrazole rings is 1. The molecular formula is C8H13N5O5S. The van der Waals surface area contributed by atoms with Crippen molar-refractivity contribution in [1.29, 1.82) is 0 Å². The van der Waals surface area contributed by atoms with Gasteiger partial charge in [0.05, 0.1) is 12.8 Å². The topological polar surface area (TPSA) is 144 Å². The molecule has 2 N–H and O–H groups in total. The second-order valence-electron chi connectivity index (χ2n) is 3.84. The van der Waals surface area contributed by atoms with Crippen LogP contribution in [0.1, 0.15) is 12.7 Å². The fourth-order valence-electron chi connectivity index (χ4n) is 1.31. The van der Waals surface area contributed by atoms with Crippen LogP contribution in [0.25, 0.3) is 0 Å². The Morgan fingerprint density at radius 3 is 2.53 bits per heavy atom. The first kappa shape index (κ1) is 15.0. The fourth-order valence-corrected chi connectivity index (χ4v) is 2.67. The van der Waals surface area contributed by atoms with Crippen molar-refractivity contribution in [3.63, 3.8) is 0 Å². The summed E-state index contributed by atoms with van der Waals surface area (Å²) in [6.07, 6.45) is 0. The third-order valence-corrected chi connectivity index (χ3v) is 3.53. The Bertz CT molecular complexity index is 580. The van der Waals surface area contributed by atoms with Crippen molar-refractivity contribution in [3.05, 3.63) is 5.82 Å². The van der Waals surface area contributed by atoms with E-state index >= 15 is 0 Å². The standard InChI is InChI=1S/C8H13N5O5S/c1-5(14)9-6(8(15)16)3-19(17,18)4-7-10-12-13(2)11-7/h6H,3-4H2,1-2H3,(H,9,14)(H,15,16)/t6-/m0/s1. The van der Waals surface area contributed by atoms with Crippen LogP contribution in [-0.2, 0) is 32.2 Å². The summed E-state index contributed by atoms with van der Waals surface area (Å²) in [5.41, 5.74) is 0. The number of nitrogens with zero attached hydrogens (tertiary/aromatic N) is 4. The summed E-state index contributed by atoms with van der Waals surface area (Å²) in [7, 11) is -2.31. The minimum absolute atomic E-state index is 0.0329. The first-order valence-corrected chi connectivity index (χ1v) is 6.95. The molecule has 0 bridgehead atoms. The van der Waals surface area contributed by atoms with Gasteiger partial charge in [-0.2, -0.15) is 4.80 Å². The van der Waals surface area contributed by atoms with E-state index in [1.54, 1.807) is 0 Å². The van der Waals surface area contributed by atoms with Gasteiger partial charge in [0.25, 0.3) is 0 Å². The lowest BCUT2D eigenvalue weighted by Crippen LogP contribution is -2.44. The average Bonchev–Trinajstić information content (AvgIpc) is 2.60. The van der Waals surface area contributed by atoms with Crippen LogP contribution < -0.4 is 5.32 Å². The molecule has 0 aliphatic carbocycles. The first-order chi connectivity index (χ1) is 8.69. The van der Waals surface area contributed by atoms with Crippen LogP contribution in [0, 0.1) is 0 Å². The zero-order chi connectivity index (χ0) is 14.6. The van der Waals surface area contributed by atoms with E-state index in [2.05, 4.69) is 15.4 Å². The number of aryl methyl sites for hydroxylation is 1. The fraction of sp³-hybridized carbons (Fsp3) is 0.625. The monoisotopic (exact) mass is 291 g/mol. The highest BCUT2D eigenvalue weighted by Crippen LogP contribution is 2.02. The van der Waals surface area contributed by atoms with Gasteiger partial charge in [0.2, 0.25) is 5.91 Å². The number of nitrogens with one attached hydrogen (secondary N) is 1. The molecule has 0 saturated carbocycles. The Morgan fingerprint density at radius 1 is 1.47 bits per heavy atom. The van der Waals surface area contributed by atoms with E-state index in [1.165, 1.54) is 7.05 Å². The second-order valence-corrected chi connectivity index (χ2v) is 5.95. The predicted octanol–water partition coefficient (Wildman–Crippen LogP) is -2.29. The normalized spacial score (nSPS) is 12.9. The molecule has 1 amide bonds. The summed E-state index contributed by atoms with van der Waals surface area (Å²) in [6.45, 7) is 1.10. The quantitative estimate of drug-likeness (QED) is 0.596. The number of aromatic nitrogens is 4. The van der Waals surface area contributed by atoms with Crippen LogP contribution in [0.15, 0.2) is 0 Å². The zero-order valence-electron chi connectivity index (χ0n) is 10.3. The van der Waals surface area contributed by atoms with Crippen molar-refractivity contribution in [2.75, 3.05) is 5.75 Å². The van der Waals surface area contributed by atoms with E-state index in [4.69, 9.17) is 5.11 Å². The number of carboxylic acid groups (broad SMARTS) is 1. The predicted molar refractivity (Wildman–Crippen MR) is 61.5 cm³/mol. The third kappa shape index (κ3) is 4.99. The van der Waals surface area contributed by atoms with Crippen LogP contribution >= 0.6 is 0 Å². The summed E-state index contributed by atoms with van der Waals surface area (Å²) in [5.74, 6) is -3.36. The van der Waals surface area contributed by atoms with E-state index in [0.29, 0.717) is 0 Å². The molecule has 1 atom stereocenters. The van der Waals surface area contributed by atoms with Gasteiger partial charge < -0.3 is 10.4 Å². The minimum Gasteiger partial charge on any atom is -0.480 e. The summed E-state index contributed by atoms with van der Waals surface area (Å²) < 4.78 is 23.5. The van der Waals surface area contributed by atoms with Crippen molar-refractivity contribution in [1.82, 2.24) is 25.5 Å². The Morgan fingerprint density at radius 2 is 2.11 bits per heavy atom. The highest BCUT2D eigenvalue weighted by molar-refractivity contribution is 7.90. The molecule has 0 unspecified atom stereocenters. The Labute approximate surface area is 108 Å². The van der Waals surface area contributed by atoms with Crippen molar-refractivity contribution in [3.8, 4) is 0 Å². The molecule has 0 aliphatic heterocycles. The molecule has 0 saturated heterocycles.